The van der Waals surface area contributed by atoms with Crippen molar-refractivity contribution in [2.75, 3.05) is 0 Å². The first-order valence-electron chi connectivity index (χ1n) is 12.7. The lowest BCUT2D eigenvalue weighted by molar-refractivity contribution is -0.124. The van der Waals surface area contributed by atoms with Gasteiger partial charge in [0, 0.05) is 6.04 Å². The molecule has 0 aromatic heterocycles. The number of benzene rings is 3. The summed E-state index contributed by atoms with van der Waals surface area (Å²) in [4.78, 5) is 21.1. The molecule has 1 saturated heterocycles. The average molecular weight is 497 g/mol. The van der Waals surface area contributed by atoms with Gasteiger partial charge in [0.2, 0.25) is 0 Å². The number of rotatable bonds is 6. The second-order valence-corrected chi connectivity index (χ2v) is 10.7. The summed E-state index contributed by atoms with van der Waals surface area (Å²) in [5.41, 5.74) is 5.44. The van der Waals surface area contributed by atoms with Crippen molar-refractivity contribution in [1.82, 2.24) is 4.90 Å². The molecule has 36 heavy (non-hydrogen) atoms. The number of ether oxygens (including phenoxy) is 1. The molecule has 3 aromatic rings. The van der Waals surface area contributed by atoms with Crippen LogP contribution >= 0.6 is 11.8 Å². The Labute approximate surface area is 218 Å². The Kier molecular flexibility index (Phi) is 7.57. The molecule has 1 aliphatic heterocycles. The van der Waals surface area contributed by atoms with E-state index < -0.39 is 0 Å². The molecule has 5 heteroatoms. The number of hydrogen-bond acceptors (Lipinski definition) is 4. The Morgan fingerprint density at radius 2 is 1.69 bits per heavy atom. The molecule has 184 valence electrons. The molecule has 1 heterocycles. The summed E-state index contributed by atoms with van der Waals surface area (Å²) in [5, 5.41) is 0.792. The maximum atomic E-state index is 13.5. The quantitative estimate of drug-likeness (QED) is 0.327. The van der Waals surface area contributed by atoms with Gasteiger partial charge in [0.1, 0.15) is 12.4 Å². The van der Waals surface area contributed by atoms with Crippen LogP contribution in [0.15, 0.2) is 82.7 Å². The maximum Gasteiger partial charge on any atom is 0.267 e. The smallest absolute Gasteiger partial charge is 0.267 e. The van der Waals surface area contributed by atoms with Gasteiger partial charge in [-0.15, -0.1) is 0 Å². The van der Waals surface area contributed by atoms with Crippen molar-refractivity contribution in [3.63, 3.8) is 0 Å². The number of amides is 1. The van der Waals surface area contributed by atoms with Gasteiger partial charge in [-0.25, -0.2) is 4.99 Å². The Morgan fingerprint density at radius 3 is 2.42 bits per heavy atom. The van der Waals surface area contributed by atoms with Crippen LogP contribution in [0, 0.1) is 13.8 Å². The summed E-state index contributed by atoms with van der Waals surface area (Å²) in [5.74, 6) is 0.882. The van der Waals surface area contributed by atoms with Crippen LogP contribution in [0.3, 0.4) is 0 Å². The fraction of sp³-hybridized carbons (Fsp3) is 0.290. The van der Waals surface area contributed by atoms with Crippen LogP contribution in [0.2, 0.25) is 0 Å². The van der Waals surface area contributed by atoms with Crippen molar-refractivity contribution in [2.45, 2.75) is 58.6 Å². The molecule has 0 radical (unpaired) electrons. The SMILES string of the molecule is Cc1ccc(N=C2S/C(=C/c3ccc(OCc4cccc(C)c4)cc3)C(=O)N2C2CCCCC2)cc1. The second kappa shape index (κ2) is 11.2. The highest BCUT2D eigenvalue weighted by Crippen LogP contribution is 2.38. The Hall–Kier alpha value is -3.31. The zero-order valence-corrected chi connectivity index (χ0v) is 21.8. The molecule has 1 saturated carbocycles. The van der Waals surface area contributed by atoms with Crippen molar-refractivity contribution >= 4 is 34.6 Å². The lowest BCUT2D eigenvalue weighted by Gasteiger charge is -2.30. The molecule has 0 bridgehead atoms. The number of aliphatic imine (C=N–C) groups is 1. The fourth-order valence-electron chi connectivity index (χ4n) is 4.74. The first-order valence-corrected chi connectivity index (χ1v) is 13.5. The van der Waals surface area contributed by atoms with Gasteiger partial charge in [0.25, 0.3) is 5.91 Å². The van der Waals surface area contributed by atoms with Crippen molar-refractivity contribution in [3.05, 3.63) is 100.0 Å². The summed E-state index contributed by atoms with van der Waals surface area (Å²) < 4.78 is 5.96. The molecule has 5 rings (SSSR count). The molecular formula is C31H32N2O2S. The van der Waals surface area contributed by atoms with Crippen molar-refractivity contribution < 1.29 is 9.53 Å². The molecule has 3 aromatic carbocycles. The number of carbonyl (C=O) groups excluding carboxylic acids is 1. The minimum atomic E-state index is 0.0672. The van der Waals surface area contributed by atoms with E-state index >= 15 is 0 Å². The van der Waals surface area contributed by atoms with Gasteiger partial charge in [0.15, 0.2) is 5.17 Å². The van der Waals surface area contributed by atoms with E-state index in [1.165, 1.54) is 42.2 Å². The first kappa shape index (κ1) is 24.4. The number of amidine groups is 1. The Balaban J connectivity index is 1.34. The molecule has 0 unspecified atom stereocenters. The van der Waals surface area contributed by atoms with E-state index in [1.54, 1.807) is 0 Å². The minimum absolute atomic E-state index is 0.0672. The zero-order valence-electron chi connectivity index (χ0n) is 20.9. The summed E-state index contributed by atoms with van der Waals surface area (Å²) in [6.07, 6.45) is 7.64. The second-order valence-electron chi connectivity index (χ2n) is 9.65. The van der Waals surface area contributed by atoms with Gasteiger partial charge in [-0.1, -0.05) is 78.9 Å². The minimum Gasteiger partial charge on any atom is -0.489 e. The van der Waals surface area contributed by atoms with Gasteiger partial charge >= 0.3 is 0 Å². The lowest BCUT2D eigenvalue weighted by Crippen LogP contribution is -2.40. The van der Waals surface area contributed by atoms with Crippen LogP contribution in [0.5, 0.6) is 5.75 Å². The molecule has 2 fully saturated rings. The molecule has 0 spiro atoms. The van der Waals surface area contributed by atoms with E-state index in [-0.39, 0.29) is 11.9 Å². The predicted molar refractivity (Wildman–Crippen MR) is 150 cm³/mol. The number of thioether (sulfide) groups is 1. The number of aryl methyl sites for hydroxylation is 2. The summed E-state index contributed by atoms with van der Waals surface area (Å²) >= 11 is 1.48. The van der Waals surface area contributed by atoms with Gasteiger partial charge in [0.05, 0.1) is 10.6 Å². The summed E-state index contributed by atoms with van der Waals surface area (Å²) in [6, 6.07) is 24.7. The normalized spacial score (nSPS) is 18.8. The third-order valence-electron chi connectivity index (χ3n) is 6.70. The van der Waals surface area contributed by atoms with E-state index in [2.05, 4.69) is 44.2 Å². The van der Waals surface area contributed by atoms with Crippen molar-refractivity contribution in [3.8, 4) is 5.75 Å². The van der Waals surface area contributed by atoms with Crippen molar-refractivity contribution in [1.29, 1.82) is 0 Å². The summed E-state index contributed by atoms with van der Waals surface area (Å²) in [6.45, 7) is 4.69. The lowest BCUT2D eigenvalue weighted by atomic mass is 9.94. The zero-order chi connectivity index (χ0) is 24.9. The molecule has 0 atom stereocenters. The van der Waals surface area contributed by atoms with Gasteiger partial charge in [-0.2, -0.15) is 0 Å². The van der Waals surface area contributed by atoms with Crippen molar-refractivity contribution in [2.24, 2.45) is 4.99 Å². The monoisotopic (exact) mass is 496 g/mol. The molecule has 1 aliphatic carbocycles. The first-order chi connectivity index (χ1) is 17.5. The molecule has 4 nitrogen and oxygen atoms in total. The largest absolute Gasteiger partial charge is 0.489 e. The van der Waals surface area contributed by atoms with E-state index in [0.29, 0.717) is 6.61 Å². The van der Waals surface area contributed by atoms with Crippen LogP contribution in [0.1, 0.15) is 54.4 Å². The third kappa shape index (κ3) is 5.90. The van der Waals surface area contributed by atoms with Gasteiger partial charge in [-0.05, 0) is 79.9 Å². The van der Waals surface area contributed by atoms with Gasteiger partial charge in [-0.3, -0.25) is 9.69 Å². The van der Waals surface area contributed by atoms with Crippen LogP contribution in [-0.4, -0.2) is 22.0 Å². The highest BCUT2D eigenvalue weighted by atomic mass is 32.2. The van der Waals surface area contributed by atoms with E-state index in [9.17, 15) is 4.79 Å². The number of nitrogens with zero attached hydrogens (tertiary/aromatic N) is 2. The predicted octanol–water partition coefficient (Wildman–Crippen LogP) is 7.82. The highest BCUT2D eigenvalue weighted by Gasteiger charge is 2.38. The Bertz CT molecular complexity index is 1270. The average Bonchev–Trinajstić information content (AvgIpc) is 3.19. The highest BCUT2D eigenvalue weighted by molar-refractivity contribution is 8.18. The van der Waals surface area contributed by atoms with E-state index in [4.69, 9.17) is 9.73 Å². The van der Waals surface area contributed by atoms with Crippen LogP contribution < -0.4 is 4.74 Å². The molecule has 1 amide bonds. The maximum absolute atomic E-state index is 13.5. The van der Waals surface area contributed by atoms with Crippen LogP contribution in [0.25, 0.3) is 6.08 Å². The summed E-state index contributed by atoms with van der Waals surface area (Å²) in [7, 11) is 0. The Morgan fingerprint density at radius 1 is 0.944 bits per heavy atom. The standard InChI is InChI=1S/C31H32N2O2S/c1-22-11-15-26(16-12-22)32-31-33(27-9-4-3-5-10-27)30(34)29(36-31)20-24-13-17-28(18-14-24)35-21-25-8-6-7-23(2)19-25/h6-8,11-20,27H,3-5,9-10,21H2,1-2H3/b29-20+,32-31?. The third-order valence-corrected chi connectivity index (χ3v) is 7.68. The van der Waals surface area contributed by atoms with Crippen LogP contribution in [-0.2, 0) is 11.4 Å². The molecule has 2 aliphatic rings. The molecular weight excluding hydrogens is 464 g/mol. The van der Waals surface area contributed by atoms with Gasteiger partial charge < -0.3 is 4.74 Å². The number of hydrogen-bond donors (Lipinski definition) is 0. The number of carbonyl (C=O) groups is 1. The molecule has 0 N–H and O–H groups in total. The van der Waals surface area contributed by atoms with E-state index in [1.807, 2.05) is 53.4 Å². The van der Waals surface area contributed by atoms with E-state index in [0.717, 1.165) is 45.5 Å². The fourth-order valence-corrected chi connectivity index (χ4v) is 5.79. The van der Waals surface area contributed by atoms with Crippen LogP contribution in [0.4, 0.5) is 5.69 Å². The topological polar surface area (TPSA) is 41.9 Å².